The van der Waals surface area contributed by atoms with Gasteiger partial charge in [-0.05, 0) is 42.3 Å². The van der Waals surface area contributed by atoms with E-state index in [0.717, 1.165) is 16.9 Å². The highest BCUT2D eigenvalue weighted by atomic mass is 19.3. The summed E-state index contributed by atoms with van der Waals surface area (Å²) < 4.78 is 33.9. The molecule has 112 valence electrons. The van der Waals surface area contributed by atoms with Crippen LogP contribution in [0.4, 0.5) is 8.78 Å². The molecule has 0 amide bonds. The average Bonchev–Trinajstić information content (AvgIpc) is 2.47. The van der Waals surface area contributed by atoms with Gasteiger partial charge < -0.3 is 15.2 Å². The molecule has 21 heavy (non-hydrogen) atoms. The zero-order chi connectivity index (χ0) is 15.2. The van der Waals surface area contributed by atoms with Gasteiger partial charge in [-0.2, -0.15) is 8.78 Å². The lowest BCUT2D eigenvalue weighted by Crippen LogP contribution is -2.12. The monoisotopic (exact) mass is 293 g/mol. The van der Waals surface area contributed by atoms with E-state index in [9.17, 15) is 8.78 Å². The molecular weight excluding hydrogens is 276 g/mol. The SMILES string of the molecule is CCOc1cccc(C(N)c2ccc(OC(F)F)cc2)c1. The normalized spacial score (nSPS) is 12.2. The van der Waals surface area contributed by atoms with Gasteiger partial charge in [0.1, 0.15) is 11.5 Å². The van der Waals surface area contributed by atoms with Crippen molar-refractivity contribution in [1.29, 1.82) is 0 Å². The minimum Gasteiger partial charge on any atom is -0.494 e. The fraction of sp³-hybridized carbons (Fsp3) is 0.250. The predicted octanol–water partition coefficient (Wildman–Crippen LogP) is 3.73. The highest BCUT2D eigenvalue weighted by Crippen LogP contribution is 2.25. The van der Waals surface area contributed by atoms with Crippen molar-refractivity contribution in [2.24, 2.45) is 5.73 Å². The van der Waals surface area contributed by atoms with E-state index in [4.69, 9.17) is 10.5 Å². The number of rotatable bonds is 6. The lowest BCUT2D eigenvalue weighted by atomic mass is 9.99. The topological polar surface area (TPSA) is 44.5 Å². The van der Waals surface area contributed by atoms with Crippen LogP contribution in [0.5, 0.6) is 11.5 Å². The maximum absolute atomic E-state index is 12.1. The second-order valence-corrected chi connectivity index (χ2v) is 4.43. The molecule has 0 radical (unpaired) electrons. The smallest absolute Gasteiger partial charge is 0.387 e. The molecule has 0 aliphatic heterocycles. The summed E-state index contributed by atoms with van der Waals surface area (Å²) in [5.41, 5.74) is 7.89. The molecule has 3 nitrogen and oxygen atoms in total. The molecular formula is C16H17F2NO2. The van der Waals surface area contributed by atoms with Crippen molar-refractivity contribution in [3.8, 4) is 11.5 Å². The highest BCUT2D eigenvalue weighted by molar-refractivity contribution is 5.38. The molecule has 0 heterocycles. The third-order valence-electron chi connectivity index (χ3n) is 2.99. The number of hydrogen-bond donors (Lipinski definition) is 1. The van der Waals surface area contributed by atoms with Crippen LogP contribution in [0.25, 0.3) is 0 Å². The van der Waals surface area contributed by atoms with Crippen LogP contribution in [-0.4, -0.2) is 13.2 Å². The molecule has 0 saturated heterocycles. The Labute approximate surface area is 122 Å². The Morgan fingerprint density at radius 1 is 1.00 bits per heavy atom. The van der Waals surface area contributed by atoms with Crippen molar-refractivity contribution in [1.82, 2.24) is 0 Å². The highest BCUT2D eigenvalue weighted by Gasteiger charge is 2.11. The molecule has 2 N–H and O–H groups in total. The summed E-state index contributed by atoms with van der Waals surface area (Å²) in [5, 5.41) is 0. The lowest BCUT2D eigenvalue weighted by Gasteiger charge is -2.14. The van der Waals surface area contributed by atoms with Gasteiger partial charge in [0.05, 0.1) is 12.6 Å². The third-order valence-corrected chi connectivity index (χ3v) is 2.99. The largest absolute Gasteiger partial charge is 0.494 e. The van der Waals surface area contributed by atoms with Crippen LogP contribution in [-0.2, 0) is 0 Å². The van der Waals surface area contributed by atoms with Crippen LogP contribution < -0.4 is 15.2 Å². The minimum absolute atomic E-state index is 0.115. The summed E-state index contributed by atoms with van der Waals surface area (Å²) in [5.74, 6) is 0.868. The maximum Gasteiger partial charge on any atom is 0.387 e. The minimum atomic E-state index is -2.83. The first kappa shape index (κ1) is 15.3. The molecule has 0 saturated carbocycles. The first-order chi connectivity index (χ1) is 10.1. The van der Waals surface area contributed by atoms with E-state index < -0.39 is 6.61 Å². The summed E-state index contributed by atoms with van der Waals surface area (Å²) >= 11 is 0. The Kier molecular flexibility index (Phi) is 5.11. The van der Waals surface area contributed by atoms with Crippen molar-refractivity contribution >= 4 is 0 Å². The van der Waals surface area contributed by atoms with Gasteiger partial charge in [-0.1, -0.05) is 24.3 Å². The van der Waals surface area contributed by atoms with Gasteiger partial charge in [-0.15, -0.1) is 0 Å². The maximum atomic E-state index is 12.1. The number of halogens is 2. The summed E-state index contributed by atoms with van der Waals surface area (Å²) in [6.45, 7) is -0.334. The zero-order valence-corrected chi connectivity index (χ0v) is 11.6. The molecule has 1 atom stereocenters. The second-order valence-electron chi connectivity index (χ2n) is 4.43. The van der Waals surface area contributed by atoms with Gasteiger partial charge in [0.2, 0.25) is 0 Å². The van der Waals surface area contributed by atoms with Gasteiger partial charge in [-0.3, -0.25) is 0 Å². The molecule has 0 aliphatic carbocycles. The van der Waals surface area contributed by atoms with E-state index in [1.165, 1.54) is 12.1 Å². The Morgan fingerprint density at radius 3 is 2.33 bits per heavy atom. The fourth-order valence-electron chi connectivity index (χ4n) is 2.01. The Balaban J connectivity index is 2.15. The molecule has 0 spiro atoms. The fourth-order valence-corrected chi connectivity index (χ4v) is 2.01. The van der Waals surface area contributed by atoms with Gasteiger partial charge >= 0.3 is 6.61 Å². The van der Waals surface area contributed by atoms with E-state index >= 15 is 0 Å². The summed E-state index contributed by atoms with van der Waals surface area (Å²) in [6.07, 6.45) is 0. The van der Waals surface area contributed by atoms with E-state index in [1.54, 1.807) is 12.1 Å². The molecule has 2 aromatic carbocycles. The Hall–Kier alpha value is -2.14. The molecule has 0 fully saturated rings. The zero-order valence-electron chi connectivity index (χ0n) is 11.6. The molecule has 2 rings (SSSR count). The van der Waals surface area contributed by atoms with Crippen LogP contribution in [0.1, 0.15) is 24.1 Å². The van der Waals surface area contributed by atoms with Gasteiger partial charge in [0, 0.05) is 0 Å². The Morgan fingerprint density at radius 2 is 1.71 bits per heavy atom. The average molecular weight is 293 g/mol. The molecule has 0 aliphatic rings. The van der Waals surface area contributed by atoms with Gasteiger partial charge in [-0.25, -0.2) is 0 Å². The van der Waals surface area contributed by atoms with Gasteiger partial charge in [0.15, 0.2) is 0 Å². The van der Waals surface area contributed by atoms with E-state index in [-0.39, 0.29) is 11.8 Å². The van der Waals surface area contributed by atoms with Crippen molar-refractivity contribution in [2.45, 2.75) is 19.6 Å². The van der Waals surface area contributed by atoms with Gasteiger partial charge in [0.25, 0.3) is 0 Å². The number of nitrogens with two attached hydrogens (primary N) is 1. The number of benzene rings is 2. The van der Waals surface area contributed by atoms with Crippen molar-refractivity contribution in [2.75, 3.05) is 6.61 Å². The van der Waals surface area contributed by atoms with Crippen molar-refractivity contribution < 1.29 is 18.3 Å². The molecule has 1 unspecified atom stereocenters. The van der Waals surface area contributed by atoms with Crippen molar-refractivity contribution in [3.05, 3.63) is 59.7 Å². The first-order valence-electron chi connectivity index (χ1n) is 6.63. The third kappa shape index (κ3) is 4.16. The van der Waals surface area contributed by atoms with Crippen LogP contribution in [0.2, 0.25) is 0 Å². The lowest BCUT2D eigenvalue weighted by molar-refractivity contribution is -0.0498. The molecule has 2 aromatic rings. The van der Waals surface area contributed by atoms with E-state index in [2.05, 4.69) is 4.74 Å². The van der Waals surface area contributed by atoms with E-state index in [1.807, 2.05) is 31.2 Å². The summed E-state index contributed by atoms with van der Waals surface area (Å²) in [6, 6.07) is 13.5. The van der Waals surface area contributed by atoms with Crippen LogP contribution in [0.15, 0.2) is 48.5 Å². The number of hydrogen-bond acceptors (Lipinski definition) is 3. The predicted molar refractivity (Wildman–Crippen MR) is 76.7 cm³/mol. The molecule has 5 heteroatoms. The Bertz CT molecular complexity index is 573. The standard InChI is InChI=1S/C16H17F2NO2/c1-2-20-14-5-3-4-12(10-14)15(19)11-6-8-13(9-7-11)21-16(17)18/h3-10,15-16H,2,19H2,1H3. The van der Waals surface area contributed by atoms with Crippen LogP contribution in [0.3, 0.4) is 0 Å². The number of alkyl halides is 2. The van der Waals surface area contributed by atoms with Crippen LogP contribution in [0, 0.1) is 0 Å². The molecule has 0 aromatic heterocycles. The van der Waals surface area contributed by atoms with Crippen LogP contribution >= 0.6 is 0 Å². The quantitative estimate of drug-likeness (QED) is 0.882. The number of ether oxygens (including phenoxy) is 2. The summed E-state index contributed by atoms with van der Waals surface area (Å²) in [4.78, 5) is 0. The molecule has 0 bridgehead atoms. The second kappa shape index (κ2) is 7.04. The van der Waals surface area contributed by atoms with E-state index in [0.29, 0.717) is 6.61 Å². The summed E-state index contributed by atoms with van der Waals surface area (Å²) in [7, 11) is 0. The van der Waals surface area contributed by atoms with Crippen molar-refractivity contribution in [3.63, 3.8) is 0 Å². The first-order valence-corrected chi connectivity index (χ1v) is 6.63.